The largest absolute Gasteiger partial charge is 0.460 e. The average Bonchev–Trinajstić information content (AvgIpc) is 2.59. The van der Waals surface area contributed by atoms with E-state index in [1.807, 2.05) is 13.0 Å². The predicted octanol–water partition coefficient (Wildman–Crippen LogP) is 2.11. The second-order valence-electron chi connectivity index (χ2n) is 4.24. The Morgan fingerprint density at radius 1 is 1.31 bits per heavy atom. The van der Waals surface area contributed by atoms with E-state index in [2.05, 4.69) is 29.3 Å². The van der Waals surface area contributed by atoms with Gasteiger partial charge in [0.2, 0.25) is 0 Å². The van der Waals surface area contributed by atoms with Gasteiger partial charge in [0.1, 0.15) is 6.10 Å². The maximum absolute atomic E-state index is 5.53. The molecule has 0 fully saturated rings. The minimum absolute atomic E-state index is 0.135. The summed E-state index contributed by atoms with van der Waals surface area (Å²) in [5.74, 6) is 0. The van der Waals surface area contributed by atoms with Crippen LogP contribution in [0.15, 0.2) is 35.3 Å². The van der Waals surface area contributed by atoms with E-state index < -0.39 is 0 Å². The van der Waals surface area contributed by atoms with E-state index in [0.29, 0.717) is 6.02 Å². The fraction of sp³-hybridized carbons (Fsp3) is 0.462. The molecule has 1 aromatic rings. The first kappa shape index (κ1) is 11.0. The van der Waals surface area contributed by atoms with Gasteiger partial charge >= 0.3 is 0 Å². The molecule has 0 bridgehead atoms. The highest BCUT2D eigenvalue weighted by Crippen LogP contribution is 2.17. The molecule has 0 aromatic heterocycles. The van der Waals surface area contributed by atoms with Crippen LogP contribution < -0.4 is 5.73 Å². The van der Waals surface area contributed by atoms with Gasteiger partial charge in [-0.1, -0.05) is 30.3 Å². The van der Waals surface area contributed by atoms with Crippen LogP contribution in [0.3, 0.4) is 0 Å². The molecule has 1 aliphatic heterocycles. The van der Waals surface area contributed by atoms with Crippen LogP contribution in [0.5, 0.6) is 0 Å². The van der Waals surface area contributed by atoms with E-state index >= 15 is 0 Å². The minimum atomic E-state index is 0.135. The molecule has 0 radical (unpaired) electrons. The van der Waals surface area contributed by atoms with Crippen LogP contribution in [0.2, 0.25) is 0 Å². The molecule has 0 amide bonds. The number of hydrogen-bond donors (Lipinski definition) is 1. The number of amidine groups is 1. The molecule has 2 N–H and O–H groups in total. The van der Waals surface area contributed by atoms with E-state index in [4.69, 9.17) is 10.5 Å². The minimum Gasteiger partial charge on any atom is -0.460 e. The molecule has 1 heterocycles. The molecule has 3 nitrogen and oxygen atoms in total. The monoisotopic (exact) mass is 218 g/mol. The first-order chi connectivity index (χ1) is 7.75. The molecule has 0 spiro atoms. The van der Waals surface area contributed by atoms with Crippen LogP contribution in [0, 0.1) is 0 Å². The summed E-state index contributed by atoms with van der Waals surface area (Å²) in [5.41, 5.74) is 6.91. The van der Waals surface area contributed by atoms with Crippen molar-refractivity contribution in [2.45, 2.75) is 38.3 Å². The first-order valence-corrected chi connectivity index (χ1v) is 5.79. The number of aliphatic imine (C=N–C) groups is 1. The van der Waals surface area contributed by atoms with Gasteiger partial charge in [-0.3, -0.25) is 0 Å². The van der Waals surface area contributed by atoms with Crippen molar-refractivity contribution in [3.05, 3.63) is 35.9 Å². The quantitative estimate of drug-likeness (QED) is 0.841. The summed E-state index contributed by atoms with van der Waals surface area (Å²) in [7, 11) is 0. The number of ether oxygens (including phenoxy) is 1. The molecule has 1 aliphatic rings. The Labute approximate surface area is 96.3 Å². The predicted molar refractivity (Wildman–Crippen MR) is 65.3 cm³/mol. The SMILES string of the molecule is C[C@@H]1OC(N)=N[C@H]1CCCc1ccccc1. The third kappa shape index (κ3) is 2.75. The maximum atomic E-state index is 5.53. The second kappa shape index (κ2) is 5.01. The van der Waals surface area contributed by atoms with Crippen molar-refractivity contribution in [3.8, 4) is 0 Å². The molecule has 2 rings (SSSR count). The van der Waals surface area contributed by atoms with Gasteiger partial charge in [-0.25, -0.2) is 4.99 Å². The summed E-state index contributed by atoms with van der Waals surface area (Å²) in [4.78, 5) is 4.27. The zero-order valence-electron chi connectivity index (χ0n) is 9.60. The maximum Gasteiger partial charge on any atom is 0.282 e. The molecule has 86 valence electrons. The molecule has 1 aromatic carbocycles. The molecular formula is C13H18N2O. The number of aryl methyl sites for hydroxylation is 1. The zero-order chi connectivity index (χ0) is 11.4. The Kier molecular flexibility index (Phi) is 3.44. The molecule has 2 atom stereocenters. The Hall–Kier alpha value is -1.51. The standard InChI is InChI=1S/C13H18N2O/c1-10-12(15-13(14)16-10)9-5-8-11-6-3-2-4-7-11/h2-4,6-7,10,12H,5,8-9H2,1H3,(H2,14,15)/t10-,12-/m0/s1. The van der Waals surface area contributed by atoms with Gasteiger partial charge in [0.25, 0.3) is 6.02 Å². The summed E-state index contributed by atoms with van der Waals surface area (Å²) >= 11 is 0. The van der Waals surface area contributed by atoms with Crippen molar-refractivity contribution >= 4 is 6.02 Å². The van der Waals surface area contributed by atoms with Gasteiger partial charge in [0, 0.05) is 0 Å². The lowest BCUT2D eigenvalue weighted by atomic mass is 10.0. The van der Waals surface area contributed by atoms with Gasteiger partial charge in [0.05, 0.1) is 6.04 Å². The van der Waals surface area contributed by atoms with E-state index in [1.165, 1.54) is 5.56 Å². The zero-order valence-corrected chi connectivity index (χ0v) is 9.60. The van der Waals surface area contributed by atoms with Crippen LogP contribution in [-0.4, -0.2) is 18.2 Å². The molecule has 0 unspecified atom stereocenters. The van der Waals surface area contributed by atoms with E-state index in [0.717, 1.165) is 19.3 Å². The van der Waals surface area contributed by atoms with Crippen molar-refractivity contribution in [3.63, 3.8) is 0 Å². The summed E-state index contributed by atoms with van der Waals surface area (Å²) < 4.78 is 5.30. The number of nitrogens with two attached hydrogens (primary N) is 1. The van der Waals surface area contributed by atoms with E-state index in [-0.39, 0.29) is 12.1 Å². The number of rotatable bonds is 4. The highest BCUT2D eigenvalue weighted by molar-refractivity contribution is 5.73. The van der Waals surface area contributed by atoms with Crippen LogP contribution in [-0.2, 0) is 11.2 Å². The highest BCUT2D eigenvalue weighted by atomic mass is 16.5. The van der Waals surface area contributed by atoms with Gasteiger partial charge in [-0.2, -0.15) is 0 Å². The fourth-order valence-electron chi connectivity index (χ4n) is 2.03. The van der Waals surface area contributed by atoms with Crippen molar-refractivity contribution in [2.75, 3.05) is 0 Å². The van der Waals surface area contributed by atoms with Gasteiger partial charge < -0.3 is 10.5 Å². The van der Waals surface area contributed by atoms with Crippen molar-refractivity contribution in [2.24, 2.45) is 10.7 Å². The molecule has 0 saturated heterocycles. The lowest BCUT2D eigenvalue weighted by Crippen LogP contribution is -2.20. The van der Waals surface area contributed by atoms with Gasteiger partial charge in [-0.05, 0) is 31.7 Å². The van der Waals surface area contributed by atoms with Gasteiger partial charge in [0.15, 0.2) is 0 Å². The number of benzene rings is 1. The lowest BCUT2D eigenvalue weighted by Gasteiger charge is -2.11. The summed E-state index contributed by atoms with van der Waals surface area (Å²) in [5, 5.41) is 0. The normalized spacial score (nSPS) is 23.9. The third-order valence-electron chi connectivity index (χ3n) is 2.95. The topological polar surface area (TPSA) is 47.6 Å². The van der Waals surface area contributed by atoms with Crippen LogP contribution >= 0.6 is 0 Å². The van der Waals surface area contributed by atoms with Crippen LogP contribution in [0.1, 0.15) is 25.3 Å². The Balaban J connectivity index is 1.77. The van der Waals surface area contributed by atoms with Gasteiger partial charge in [-0.15, -0.1) is 0 Å². The highest BCUT2D eigenvalue weighted by Gasteiger charge is 2.24. The Morgan fingerprint density at radius 2 is 2.06 bits per heavy atom. The van der Waals surface area contributed by atoms with Crippen LogP contribution in [0.25, 0.3) is 0 Å². The van der Waals surface area contributed by atoms with Crippen molar-refractivity contribution in [1.82, 2.24) is 0 Å². The smallest absolute Gasteiger partial charge is 0.282 e. The number of hydrogen-bond acceptors (Lipinski definition) is 3. The molecule has 0 aliphatic carbocycles. The first-order valence-electron chi connectivity index (χ1n) is 5.79. The Bertz CT molecular complexity index is 361. The summed E-state index contributed by atoms with van der Waals surface area (Å²) in [6.45, 7) is 2.02. The van der Waals surface area contributed by atoms with Crippen molar-refractivity contribution in [1.29, 1.82) is 0 Å². The molecule has 16 heavy (non-hydrogen) atoms. The summed E-state index contributed by atoms with van der Waals surface area (Å²) in [6, 6.07) is 11.1. The fourth-order valence-corrected chi connectivity index (χ4v) is 2.03. The second-order valence-corrected chi connectivity index (χ2v) is 4.24. The average molecular weight is 218 g/mol. The van der Waals surface area contributed by atoms with Crippen molar-refractivity contribution < 1.29 is 4.74 Å². The van der Waals surface area contributed by atoms with E-state index in [9.17, 15) is 0 Å². The van der Waals surface area contributed by atoms with E-state index in [1.54, 1.807) is 0 Å². The molecular weight excluding hydrogens is 200 g/mol. The Morgan fingerprint density at radius 3 is 2.69 bits per heavy atom. The van der Waals surface area contributed by atoms with Crippen LogP contribution in [0.4, 0.5) is 0 Å². The molecule has 3 heteroatoms. The molecule has 0 saturated carbocycles. The number of nitrogens with zero attached hydrogens (tertiary/aromatic N) is 1. The third-order valence-corrected chi connectivity index (χ3v) is 2.95. The summed E-state index contributed by atoms with van der Waals surface area (Å²) in [6.07, 6.45) is 3.39. The lowest BCUT2D eigenvalue weighted by molar-refractivity contribution is 0.204.